The SMILES string of the molecule is Cc1cccnc1Nc1sc(-c2ccccc2)cc1C(N)=O. The van der Waals surface area contributed by atoms with Gasteiger partial charge in [-0.25, -0.2) is 4.98 Å². The zero-order valence-corrected chi connectivity index (χ0v) is 12.9. The molecule has 0 spiro atoms. The highest BCUT2D eigenvalue weighted by Crippen LogP contribution is 2.36. The molecule has 0 saturated carbocycles. The predicted molar refractivity (Wildman–Crippen MR) is 90.5 cm³/mol. The number of benzene rings is 1. The van der Waals surface area contributed by atoms with Crippen molar-refractivity contribution >= 4 is 28.1 Å². The van der Waals surface area contributed by atoms with Crippen molar-refractivity contribution in [3.05, 3.63) is 65.9 Å². The van der Waals surface area contributed by atoms with Gasteiger partial charge in [0.15, 0.2) is 0 Å². The molecule has 0 aliphatic heterocycles. The van der Waals surface area contributed by atoms with Gasteiger partial charge in [-0.05, 0) is 30.2 Å². The molecular formula is C17H15N3OS. The summed E-state index contributed by atoms with van der Waals surface area (Å²) in [5.74, 6) is 0.279. The van der Waals surface area contributed by atoms with Crippen LogP contribution in [0.3, 0.4) is 0 Å². The fraction of sp³-hybridized carbons (Fsp3) is 0.0588. The molecule has 0 radical (unpaired) electrons. The van der Waals surface area contributed by atoms with Crippen molar-refractivity contribution in [2.24, 2.45) is 5.73 Å². The Kier molecular flexibility index (Phi) is 3.89. The number of nitrogens with two attached hydrogens (primary N) is 1. The fourth-order valence-corrected chi connectivity index (χ4v) is 3.20. The summed E-state index contributed by atoms with van der Waals surface area (Å²) in [5.41, 5.74) is 8.05. The van der Waals surface area contributed by atoms with Crippen molar-refractivity contribution < 1.29 is 4.79 Å². The molecule has 4 nitrogen and oxygen atoms in total. The third kappa shape index (κ3) is 2.84. The number of thiophene rings is 1. The molecule has 5 heteroatoms. The van der Waals surface area contributed by atoms with Gasteiger partial charge in [0.2, 0.25) is 0 Å². The number of rotatable bonds is 4. The Morgan fingerprint density at radius 1 is 1.18 bits per heavy atom. The molecule has 2 aromatic heterocycles. The number of carbonyl (C=O) groups excluding carboxylic acids is 1. The predicted octanol–water partition coefficient (Wildman–Crippen LogP) is 3.96. The van der Waals surface area contributed by atoms with Gasteiger partial charge in [-0.2, -0.15) is 0 Å². The van der Waals surface area contributed by atoms with Crippen LogP contribution in [0, 0.1) is 6.92 Å². The summed E-state index contributed by atoms with van der Waals surface area (Å²) < 4.78 is 0. The van der Waals surface area contributed by atoms with Crippen LogP contribution < -0.4 is 11.1 Å². The van der Waals surface area contributed by atoms with E-state index in [0.717, 1.165) is 21.8 Å². The highest BCUT2D eigenvalue weighted by atomic mass is 32.1. The van der Waals surface area contributed by atoms with Crippen LogP contribution in [0.4, 0.5) is 10.8 Å². The maximum Gasteiger partial charge on any atom is 0.251 e. The lowest BCUT2D eigenvalue weighted by atomic mass is 10.1. The van der Waals surface area contributed by atoms with Gasteiger partial charge >= 0.3 is 0 Å². The van der Waals surface area contributed by atoms with E-state index in [0.29, 0.717) is 10.6 Å². The first-order chi connectivity index (χ1) is 10.6. The summed E-state index contributed by atoms with van der Waals surface area (Å²) in [5, 5.41) is 3.93. The topological polar surface area (TPSA) is 68.0 Å². The Labute approximate surface area is 132 Å². The molecule has 3 aromatic rings. The Morgan fingerprint density at radius 3 is 2.64 bits per heavy atom. The maximum atomic E-state index is 11.7. The average Bonchev–Trinajstić information content (AvgIpc) is 2.95. The standard InChI is InChI=1S/C17H15N3OS/c1-11-6-5-9-19-16(11)20-17-13(15(18)21)10-14(22-17)12-7-3-2-4-8-12/h2-10H,1H3,(H2,18,21)(H,19,20). The fourth-order valence-electron chi connectivity index (χ4n) is 2.14. The number of anilines is 2. The van der Waals surface area contributed by atoms with Gasteiger partial charge in [0.1, 0.15) is 10.8 Å². The zero-order valence-electron chi connectivity index (χ0n) is 12.0. The zero-order chi connectivity index (χ0) is 15.5. The van der Waals surface area contributed by atoms with Gasteiger partial charge < -0.3 is 11.1 Å². The van der Waals surface area contributed by atoms with Crippen LogP contribution in [0.2, 0.25) is 0 Å². The van der Waals surface area contributed by atoms with Crippen LogP contribution in [0.5, 0.6) is 0 Å². The number of hydrogen-bond acceptors (Lipinski definition) is 4. The van der Waals surface area contributed by atoms with Crippen LogP contribution >= 0.6 is 11.3 Å². The first-order valence-electron chi connectivity index (χ1n) is 6.83. The van der Waals surface area contributed by atoms with Crippen LogP contribution in [0.25, 0.3) is 10.4 Å². The number of pyridine rings is 1. The Morgan fingerprint density at radius 2 is 1.95 bits per heavy atom. The van der Waals surface area contributed by atoms with E-state index < -0.39 is 5.91 Å². The Bertz CT molecular complexity index is 812. The van der Waals surface area contributed by atoms with Crippen molar-refractivity contribution in [1.82, 2.24) is 4.98 Å². The summed E-state index contributed by atoms with van der Waals surface area (Å²) in [6.45, 7) is 1.96. The van der Waals surface area contributed by atoms with Gasteiger partial charge in [0, 0.05) is 11.1 Å². The van der Waals surface area contributed by atoms with Crippen molar-refractivity contribution in [2.45, 2.75) is 6.92 Å². The van der Waals surface area contributed by atoms with Gasteiger partial charge in [0.25, 0.3) is 5.91 Å². The number of aryl methyl sites for hydroxylation is 1. The van der Waals surface area contributed by atoms with E-state index in [1.54, 1.807) is 6.20 Å². The van der Waals surface area contributed by atoms with Crippen LogP contribution in [0.1, 0.15) is 15.9 Å². The normalized spacial score (nSPS) is 10.4. The molecule has 22 heavy (non-hydrogen) atoms. The molecule has 0 aliphatic rings. The number of nitrogens with zero attached hydrogens (tertiary/aromatic N) is 1. The molecule has 0 unspecified atom stereocenters. The van der Waals surface area contributed by atoms with E-state index in [1.165, 1.54) is 11.3 Å². The first kappa shape index (κ1) is 14.3. The Balaban J connectivity index is 2.02. The molecule has 0 saturated heterocycles. The quantitative estimate of drug-likeness (QED) is 0.766. The number of nitrogens with one attached hydrogen (secondary N) is 1. The Hall–Kier alpha value is -2.66. The molecule has 0 atom stereocenters. The third-order valence-electron chi connectivity index (χ3n) is 3.30. The number of primary amides is 1. The minimum Gasteiger partial charge on any atom is -0.366 e. The van der Waals surface area contributed by atoms with E-state index >= 15 is 0 Å². The molecule has 0 aliphatic carbocycles. The molecule has 1 amide bonds. The number of carbonyl (C=O) groups is 1. The van der Waals surface area contributed by atoms with E-state index in [1.807, 2.05) is 55.5 Å². The summed E-state index contributed by atoms with van der Waals surface area (Å²) in [7, 11) is 0. The lowest BCUT2D eigenvalue weighted by Gasteiger charge is -2.07. The van der Waals surface area contributed by atoms with E-state index in [4.69, 9.17) is 5.73 Å². The first-order valence-corrected chi connectivity index (χ1v) is 7.64. The minimum absolute atomic E-state index is 0.450. The van der Waals surface area contributed by atoms with Gasteiger partial charge in [0.05, 0.1) is 5.56 Å². The third-order valence-corrected chi connectivity index (χ3v) is 4.40. The minimum atomic E-state index is -0.450. The van der Waals surface area contributed by atoms with Crippen molar-refractivity contribution in [3.63, 3.8) is 0 Å². The van der Waals surface area contributed by atoms with Crippen LogP contribution in [-0.2, 0) is 0 Å². The van der Waals surface area contributed by atoms with Crippen LogP contribution in [0.15, 0.2) is 54.7 Å². The summed E-state index contributed by atoms with van der Waals surface area (Å²) in [6, 6.07) is 15.6. The van der Waals surface area contributed by atoms with E-state index in [9.17, 15) is 4.79 Å². The van der Waals surface area contributed by atoms with Gasteiger partial charge in [-0.1, -0.05) is 36.4 Å². The second-order valence-corrected chi connectivity index (χ2v) is 5.93. The number of hydrogen-bond donors (Lipinski definition) is 2. The van der Waals surface area contributed by atoms with Crippen LogP contribution in [-0.4, -0.2) is 10.9 Å². The molecule has 1 aromatic carbocycles. The molecule has 3 N–H and O–H groups in total. The van der Waals surface area contributed by atoms with Crippen molar-refractivity contribution in [2.75, 3.05) is 5.32 Å². The molecule has 2 heterocycles. The summed E-state index contributed by atoms with van der Waals surface area (Å²) in [4.78, 5) is 17.0. The smallest absolute Gasteiger partial charge is 0.251 e. The lowest BCUT2D eigenvalue weighted by molar-refractivity contribution is 0.100. The second-order valence-electron chi connectivity index (χ2n) is 4.88. The van der Waals surface area contributed by atoms with Gasteiger partial charge in [-0.15, -0.1) is 11.3 Å². The monoisotopic (exact) mass is 309 g/mol. The summed E-state index contributed by atoms with van der Waals surface area (Å²) in [6.07, 6.45) is 1.71. The van der Waals surface area contributed by atoms with Crippen molar-refractivity contribution in [1.29, 1.82) is 0 Å². The second kappa shape index (κ2) is 5.99. The highest BCUT2D eigenvalue weighted by Gasteiger charge is 2.15. The largest absolute Gasteiger partial charge is 0.366 e. The molecule has 3 rings (SSSR count). The summed E-state index contributed by atoms with van der Waals surface area (Å²) >= 11 is 1.49. The van der Waals surface area contributed by atoms with Crippen molar-refractivity contribution in [3.8, 4) is 10.4 Å². The maximum absolute atomic E-state index is 11.7. The molecule has 0 fully saturated rings. The van der Waals surface area contributed by atoms with E-state index in [-0.39, 0.29) is 0 Å². The molecule has 110 valence electrons. The highest BCUT2D eigenvalue weighted by molar-refractivity contribution is 7.19. The molecule has 0 bridgehead atoms. The molecular weight excluding hydrogens is 294 g/mol. The lowest BCUT2D eigenvalue weighted by Crippen LogP contribution is -2.11. The van der Waals surface area contributed by atoms with E-state index in [2.05, 4.69) is 10.3 Å². The number of aromatic nitrogens is 1. The average molecular weight is 309 g/mol. The number of amides is 1. The van der Waals surface area contributed by atoms with Gasteiger partial charge in [-0.3, -0.25) is 4.79 Å².